The molecule has 3 aliphatic rings. The second-order valence-electron chi connectivity index (χ2n) is 19.3. The lowest BCUT2D eigenvalue weighted by Crippen LogP contribution is -2.61. The number of halogens is 1. The van der Waals surface area contributed by atoms with E-state index >= 15 is 0 Å². The van der Waals surface area contributed by atoms with Gasteiger partial charge in [0.2, 0.25) is 35.4 Å². The fourth-order valence-electron chi connectivity index (χ4n) is 10.2. The van der Waals surface area contributed by atoms with Crippen molar-refractivity contribution in [1.29, 1.82) is 0 Å². The van der Waals surface area contributed by atoms with Gasteiger partial charge in [0, 0.05) is 56.2 Å². The Morgan fingerprint density at radius 2 is 1.72 bits per heavy atom. The van der Waals surface area contributed by atoms with Gasteiger partial charge in [0.15, 0.2) is 0 Å². The van der Waals surface area contributed by atoms with E-state index < -0.39 is 72.9 Å². The van der Waals surface area contributed by atoms with Gasteiger partial charge in [-0.25, -0.2) is 4.79 Å². The van der Waals surface area contributed by atoms with Crippen LogP contribution in [0.3, 0.4) is 0 Å². The average Bonchev–Trinajstić information content (AvgIpc) is 4.08. The number of rotatable bonds is 19. The molecule has 24 heteroatoms. The molecule has 3 aromatic carbocycles. The largest absolute Gasteiger partial charge is 0.490 e. The lowest BCUT2D eigenvalue weighted by Gasteiger charge is -2.38. The second-order valence-corrected chi connectivity index (χ2v) is 22.3. The first-order valence-corrected chi connectivity index (χ1v) is 27.5. The lowest BCUT2D eigenvalue weighted by molar-refractivity contribution is -0.145. The molecule has 5 aromatic rings. The molecule has 0 aliphatic carbocycles. The predicted octanol–water partition coefficient (Wildman–Crippen LogP) is 4.00. The third-order valence-corrected chi connectivity index (χ3v) is 16.5. The predicted molar refractivity (Wildman–Crippen MR) is 277 cm³/mol. The first-order chi connectivity index (χ1) is 35.7. The van der Waals surface area contributed by atoms with Crippen molar-refractivity contribution >= 4 is 98.5 Å². The lowest BCUT2D eigenvalue weighted by atomic mass is 10.0. The van der Waals surface area contributed by atoms with Gasteiger partial charge in [0.05, 0.1) is 27.0 Å². The monoisotopic (exact) mass is 1090 g/mol. The number of amides is 7. The summed E-state index contributed by atoms with van der Waals surface area (Å²) < 4.78 is 21.3. The molecule has 0 radical (unpaired) electrons. The molecule has 3 aliphatic heterocycles. The van der Waals surface area contributed by atoms with Crippen LogP contribution >= 0.6 is 30.5 Å². The van der Waals surface area contributed by atoms with Gasteiger partial charge in [-0.05, 0) is 117 Å². The maximum atomic E-state index is 14.6. The molecule has 7 N–H and O–H groups in total. The average molecular weight is 1090 g/mol. The quantitative estimate of drug-likeness (QED) is 0.0388. The molecule has 0 bridgehead atoms. The van der Waals surface area contributed by atoms with Crippen molar-refractivity contribution in [2.75, 3.05) is 19.7 Å². The zero-order chi connectivity index (χ0) is 53.9. The zero-order valence-corrected chi connectivity index (χ0v) is 43.7. The maximum Gasteiger partial charge on any atom is 0.396 e. The molecule has 21 nitrogen and oxygen atoms in total. The molecule has 8 rings (SSSR count). The summed E-state index contributed by atoms with van der Waals surface area (Å²) in [6.45, 7) is 1.36. The van der Waals surface area contributed by atoms with Crippen molar-refractivity contribution in [1.82, 2.24) is 34.9 Å². The van der Waals surface area contributed by atoms with E-state index in [4.69, 9.17) is 22.1 Å². The molecule has 2 aromatic heterocycles. The number of ether oxygens (including phenoxy) is 1. The van der Waals surface area contributed by atoms with Crippen LogP contribution in [-0.4, -0.2) is 119 Å². The summed E-state index contributed by atoms with van der Waals surface area (Å²) >= 11 is 7.92. The molecule has 3 fully saturated rings. The van der Waals surface area contributed by atoms with Gasteiger partial charge < -0.3 is 40.7 Å². The van der Waals surface area contributed by atoms with E-state index in [2.05, 4.69) is 16.0 Å². The minimum Gasteiger partial charge on any atom is -0.490 e. The van der Waals surface area contributed by atoms with E-state index in [1.807, 2.05) is 30.3 Å². The highest BCUT2D eigenvalue weighted by Gasteiger charge is 2.46. The molecule has 5 atom stereocenters. The molecular formula is C51H58ClN8O13PS. The number of imide groups is 1. The van der Waals surface area contributed by atoms with Crippen molar-refractivity contribution in [3.8, 4) is 5.75 Å². The molecule has 75 heavy (non-hydrogen) atoms. The van der Waals surface area contributed by atoms with E-state index in [0.717, 1.165) is 48.1 Å². The van der Waals surface area contributed by atoms with Crippen LogP contribution < -0.4 is 32.1 Å². The third kappa shape index (κ3) is 12.4. The number of carbonyl (C=O) groups excluding carboxylic acids is 8. The summed E-state index contributed by atoms with van der Waals surface area (Å²) in [5.41, 5.74) is 6.83. The van der Waals surface area contributed by atoms with Crippen molar-refractivity contribution in [3.05, 3.63) is 97.7 Å². The molecule has 7 amide bonds. The summed E-state index contributed by atoms with van der Waals surface area (Å²) in [7, 11) is -3.40. The van der Waals surface area contributed by atoms with E-state index in [9.17, 15) is 57.5 Å². The van der Waals surface area contributed by atoms with Crippen LogP contribution in [0.5, 0.6) is 5.75 Å². The molecule has 5 heterocycles. The summed E-state index contributed by atoms with van der Waals surface area (Å²) in [6, 6.07) is 12.4. The van der Waals surface area contributed by atoms with Crippen LogP contribution in [0, 0.1) is 0 Å². The number of nitrogens with one attached hydrogen (secondary N) is 3. The Bertz CT molecular complexity index is 3220. The van der Waals surface area contributed by atoms with Crippen molar-refractivity contribution in [3.63, 3.8) is 0 Å². The number of nitrogens with zero attached hydrogens (tertiary/aromatic N) is 4. The van der Waals surface area contributed by atoms with Crippen LogP contribution in [0.25, 0.3) is 21.1 Å². The molecule has 2 unspecified atom stereocenters. The van der Waals surface area contributed by atoms with Crippen LogP contribution in [0.15, 0.2) is 65.5 Å². The summed E-state index contributed by atoms with van der Waals surface area (Å²) in [5.74, 6) is -3.11. The highest BCUT2D eigenvalue weighted by atomic mass is 35.5. The highest BCUT2D eigenvalue weighted by molar-refractivity contribution is 7.70. The Morgan fingerprint density at radius 1 is 0.947 bits per heavy atom. The van der Waals surface area contributed by atoms with Crippen LogP contribution in [0.4, 0.5) is 0 Å². The minimum absolute atomic E-state index is 0.0763. The van der Waals surface area contributed by atoms with Crippen LogP contribution in [0.2, 0.25) is 5.02 Å². The maximum absolute atomic E-state index is 14.6. The second kappa shape index (κ2) is 23.0. The molecule has 3 saturated heterocycles. The normalized spacial score (nSPS) is 19.6. The number of nitrogens with two attached hydrogens (primary N) is 1. The summed E-state index contributed by atoms with van der Waals surface area (Å²) in [5, 5.41) is 8.83. The number of primary amides is 1. The van der Waals surface area contributed by atoms with Crippen molar-refractivity contribution in [2.24, 2.45) is 12.8 Å². The number of aromatic nitrogens is 2. The number of fused-ring (bicyclic) bond motifs is 3. The number of aryl methyl sites for hydroxylation is 3. The van der Waals surface area contributed by atoms with Gasteiger partial charge in [0.25, 0.3) is 11.4 Å². The third-order valence-electron chi connectivity index (χ3n) is 14.2. The minimum atomic E-state index is -5.06. The number of thiophene rings is 1. The zero-order valence-electron chi connectivity index (χ0n) is 41.3. The molecule has 0 spiro atoms. The van der Waals surface area contributed by atoms with Crippen molar-refractivity contribution < 1.29 is 57.4 Å². The Balaban J connectivity index is 0.883. The number of unbranched alkanes of at least 4 members (excludes halogenated alkanes) is 2. The summed E-state index contributed by atoms with van der Waals surface area (Å²) in [6.07, 6.45) is 5.48. The first-order valence-electron chi connectivity index (χ1n) is 24.7. The van der Waals surface area contributed by atoms with E-state index in [1.54, 1.807) is 13.1 Å². The van der Waals surface area contributed by atoms with E-state index in [0.29, 0.717) is 51.2 Å². The SMILES string of the molecule is CC(=O)N1CC[C@H]2CC[C@@H](C(=O)NC(CCC(N)=O)COc3cccc(CCCCCc4ccc5c(c4)n(C)c(=O)n5C4CCC(=O)NC4=O)c3Cl)N2C(=O)[C@@H](NC(=O)c2cc3cc(C(=O)P(=O)(O)O)ccc3s2)C1. The number of piperidine rings is 1. The fraction of sp³-hybridized carbons (Fsp3) is 0.431. The first kappa shape index (κ1) is 54.5. The number of benzene rings is 3. The Hall–Kier alpha value is -6.71. The van der Waals surface area contributed by atoms with E-state index in [1.165, 1.54) is 50.1 Å². The highest BCUT2D eigenvalue weighted by Crippen LogP contribution is 2.40. The standard InChI is InChI=1S/C51H58ClN8O13PS/c1-28(61)58-22-21-34-14-16-37(59(34)49(67)35(26-58)55-48(66)42-25-32-24-31(12-18-41(32)75-42)50(68)74(70,71)72)46(64)54-33(13-19-43(53)62)27-73-40-10-6-9-30(45(40)52)8-5-3-4-7-29-11-15-36-39(23-29)57(2)51(69)60(36)38-17-20-44(63)56-47(38)65/h6,9-12,15,18,23-25,33-35,37-38H,3-5,7-8,13-14,16-17,19-22,26-27H2,1-2H3,(H2,53,62)(H,54,64)(H,55,66)(H,56,63,65)(H2,70,71,72)/t33?,34-,35+,37+,38?/m1/s1. The molecule has 398 valence electrons. The van der Waals surface area contributed by atoms with Gasteiger partial charge in [-0.3, -0.25) is 57.4 Å². The number of imidazole rings is 1. The van der Waals surface area contributed by atoms with Gasteiger partial charge >= 0.3 is 13.3 Å². The fourth-order valence-corrected chi connectivity index (χ4v) is 11.9. The molecular weight excluding hydrogens is 1030 g/mol. The van der Waals surface area contributed by atoms with Gasteiger partial charge in [-0.15, -0.1) is 11.3 Å². The summed E-state index contributed by atoms with van der Waals surface area (Å²) in [4.78, 5) is 139. The number of hydrogen-bond donors (Lipinski definition) is 6. The van der Waals surface area contributed by atoms with Crippen molar-refractivity contribution in [2.45, 2.75) is 114 Å². The smallest absolute Gasteiger partial charge is 0.396 e. The number of carbonyl (C=O) groups is 8. The van der Waals surface area contributed by atoms with E-state index in [-0.39, 0.29) is 79.7 Å². The number of hydrogen-bond acceptors (Lipinski definition) is 12. The van der Waals surface area contributed by atoms with Gasteiger partial charge in [-0.1, -0.05) is 36.2 Å². The van der Waals surface area contributed by atoms with Gasteiger partial charge in [0.1, 0.15) is 30.5 Å². The Labute approximate surface area is 439 Å². The van der Waals surface area contributed by atoms with Crippen LogP contribution in [0.1, 0.15) is 108 Å². The Kier molecular flexibility index (Phi) is 16.8. The Morgan fingerprint density at radius 3 is 2.45 bits per heavy atom. The topological polar surface area (TPSA) is 299 Å². The molecule has 0 saturated carbocycles. The van der Waals surface area contributed by atoms with Crippen LogP contribution in [-0.2, 0) is 53.2 Å². The van der Waals surface area contributed by atoms with Gasteiger partial charge in [-0.2, -0.15) is 0 Å².